The van der Waals surface area contributed by atoms with Gasteiger partial charge in [-0.2, -0.15) is 0 Å². The predicted octanol–water partition coefficient (Wildman–Crippen LogP) is 2.33. The van der Waals surface area contributed by atoms with E-state index in [1.165, 1.54) is 0 Å². The molecule has 0 spiro atoms. The average molecular weight is 216 g/mol. The molecule has 3 rings (SSSR count). The molecule has 17 heavy (non-hydrogen) atoms. The maximum atomic E-state index is 12.2. The highest BCUT2D eigenvalue weighted by Crippen LogP contribution is 2.36. The molecule has 1 aliphatic rings. The first-order valence-corrected chi connectivity index (χ1v) is 5.42. The van der Waals surface area contributed by atoms with Crippen molar-refractivity contribution in [2.75, 3.05) is 0 Å². The van der Waals surface area contributed by atoms with Crippen LogP contribution in [0.3, 0.4) is 0 Å². The van der Waals surface area contributed by atoms with Gasteiger partial charge in [0.15, 0.2) is 5.78 Å². The molecule has 0 fully saturated rings. The lowest BCUT2D eigenvalue weighted by Gasteiger charge is -2.01. The lowest BCUT2D eigenvalue weighted by Crippen LogP contribution is -2.05. The number of carbonyl (C=O) groups is 1. The second kappa shape index (κ2) is 3.46. The summed E-state index contributed by atoms with van der Waals surface area (Å²) in [4.78, 5) is 12.2. The maximum absolute atomic E-state index is 12.2. The number of ketones is 1. The molecule has 0 unspecified atom stereocenters. The van der Waals surface area contributed by atoms with E-state index in [2.05, 4.69) is 6.58 Å². The van der Waals surface area contributed by atoms with Crippen molar-refractivity contribution in [2.24, 2.45) is 0 Å². The van der Waals surface area contributed by atoms with Crippen LogP contribution in [0.15, 0.2) is 43.0 Å². The minimum atomic E-state index is 0.0472. The first kappa shape index (κ1) is 10.1. The second-order valence-electron chi connectivity index (χ2n) is 4.14. The Morgan fingerprint density at radius 2 is 1.59 bits per heavy atom. The molecule has 0 heterocycles. The molecule has 1 nitrogen and oxygen atoms in total. The van der Waals surface area contributed by atoms with Gasteiger partial charge >= 0.3 is 0 Å². The van der Waals surface area contributed by atoms with Gasteiger partial charge < -0.3 is 0 Å². The van der Waals surface area contributed by atoms with Crippen molar-refractivity contribution in [3.8, 4) is 11.1 Å². The number of fused-ring (bicyclic) bond motifs is 3. The first-order valence-electron chi connectivity index (χ1n) is 5.42. The molecule has 0 aliphatic heterocycles. The van der Waals surface area contributed by atoms with Gasteiger partial charge in [0, 0.05) is 11.1 Å². The third-order valence-corrected chi connectivity index (χ3v) is 3.10. The standard InChI is InChI=1S/C15H9BO/c1-2-9-3-5-11-12-6-4-10(16)8-14(12)15(17)13(11)7-9/h2-8H,1H2. The summed E-state index contributed by atoms with van der Waals surface area (Å²) in [5.74, 6) is 0.0472. The SMILES string of the molecule is [B]c1ccc2c(c1)C(=O)c1cc(C=C)ccc1-2. The Labute approximate surface area is 101 Å². The van der Waals surface area contributed by atoms with Gasteiger partial charge in [0.05, 0.1) is 0 Å². The summed E-state index contributed by atoms with van der Waals surface area (Å²) in [6, 6.07) is 11.3. The summed E-state index contributed by atoms with van der Waals surface area (Å²) < 4.78 is 0. The van der Waals surface area contributed by atoms with Crippen LogP contribution in [-0.2, 0) is 0 Å². The van der Waals surface area contributed by atoms with Gasteiger partial charge in [0.1, 0.15) is 7.85 Å². The minimum Gasteiger partial charge on any atom is -0.289 e. The molecule has 1 aliphatic carbocycles. The Bertz CT molecular complexity index is 656. The topological polar surface area (TPSA) is 17.1 Å². The summed E-state index contributed by atoms with van der Waals surface area (Å²) >= 11 is 0. The van der Waals surface area contributed by atoms with Gasteiger partial charge in [0.25, 0.3) is 0 Å². The Kier molecular flexibility index (Phi) is 2.05. The minimum absolute atomic E-state index is 0.0472. The lowest BCUT2D eigenvalue weighted by atomic mass is 9.92. The van der Waals surface area contributed by atoms with Gasteiger partial charge in [-0.25, -0.2) is 0 Å². The summed E-state index contributed by atoms with van der Waals surface area (Å²) in [5.41, 5.74) is 4.96. The van der Waals surface area contributed by atoms with E-state index in [1.807, 2.05) is 30.3 Å². The third kappa shape index (κ3) is 1.37. The quantitative estimate of drug-likeness (QED) is 0.570. The number of benzene rings is 2. The van der Waals surface area contributed by atoms with Crippen molar-refractivity contribution in [3.63, 3.8) is 0 Å². The summed E-state index contributed by atoms with van der Waals surface area (Å²) in [7, 11) is 5.72. The van der Waals surface area contributed by atoms with E-state index in [0.717, 1.165) is 22.3 Å². The smallest absolute Gasteiger partial charge is 0.194 e. The van der Waals surface area contributed by atoms with Crippen LogP contribution in [0.5, 0.6) is 0 Å². The number of carbonyl (C=O) groups excluding carboxylic acids is 1. The van der Waals surface area contributed by atoms with Crippen LogP contribution in [0.2, 0.25) is 0 Å². The van der Waals surface area contributed by atoms with Crippen molar-refractivity contribution in [2.45, 2.75) is 0 Å². The monoisotopic (exact) mass is 216 g/mol. The van der Waals surface area contributed by atoms with E-state index in [4.69, 9.17) is 7.85 Å². The summed E-state index contributed by atoms with van der Waals surface area (Å²) in [6.07, 6.45) is 1.74. The van der Waals surface area contributed by atoms with Crippen LogP contribution < -0.4 is 5.46 Å². The second-order valence-corrected chi connectivity index (χ2v) is 4.14. The molecule has 0 aromatic heterocycles. The van der Waals surface area contributed by atoms with Gasteiger partial charge in [-0.1, -0.05) is 48.4 Å². The Hall–Kier alpha value is -2.09. The van der Waals surface area contributed by atoms with E-state index in [1.54, 1.807) is 12.1 Å². The van der Waals surface area contributed by atoms with Crippen LogP contribution in [0.25, 0.3) is 17.2 Å². The molecular formula is C15H9BO. The molecule has 0 saturated heterocycles. The molecule has 0 atom stereocenters. The maximum Gasteiger partial charge on any atom is 0.194 e. The zero-order valence-corrected chi connectivity index (χ0v) is 9.23. The predicted molar refractivity (Wildman–Crippen MR) is 70.8 cm³/mol. The fourth-order valence-electron chi connectivity index (χ4n) is 2.24. The largest absolute Gasteiger partial charge is 0.289 e. The Balaban J connectivity index is 2.30. The summed E-state index contributed by atoms with van der Waals surface area (Å²) in [6.45, 7) is 3.71. The van der Waals surface area contributed by atoms with Gasteiger partial charge in [-0.3, -0.25) is 4.79 Å². The van der Waals surface area contributed by atoms with Crippen molar-refractivity contribution >= 4 is 25.2 Å². The van der Waals surface area contributed by atoms with E-state index in [0.29, 0.717) is 11.0 Å². The van der Waals surface area contributed by atoms with Crippen molar-refractivity contribution in [1.29, 1.82) is 0 Å². The highest BCUT2D eigenvalue weighted by molar-refractivity contribution is 6.34. The van der Waals surface area contributed by atoms with E-state index in [-0.39, 0.29) is 5.78 Å². The number of rotatable bonds is 1. The Morgan fingerprint density at radius 1 is 0.941 bits per heavy atom. The highest BCUT2D eigenvalue weighted by atomic mass is 16.1. The molecule has 0 amide bonds. The highest BCUT2D eigenvalue weighted by Gasteiger charge is 2.26. The molecule has 0 N–H and O–H groups in total. The summed E-state index contributed by atoms with van der Waals surface area (Å²) in [5, 5.41) is 0. The van der Waals surface area contributed by atoms with Crippen LogP contribution in [0.1, 0.15) is 21.5 Å². The lowest BCUT2D eigenvalue weighted by molar-refractivity contribution is 0.104. The van der Waals surface area contributed by atoms with E-state index < -0.39 is 0 Å². The Morgan fingerprint density at radius 3 is 2.29 bits per heavy atom. The van der Waals surface area contributed by atoms with E-state index in [9.17, 15) is 4.79 Å². The zero-order chi connectivity index (χ0) is 12.0. The fourth-order valence-corrected chi connectivity index (χ4v) is 2.24. The molecule has 2 aromatic rings. The molecule has 2 aromatic carbocycles. The van der Waals surface area contributed by atoms with Gasteiger partial charge in [-0.15, -0.1) is 0 Å². The fraction of sp³-hybridized carbons (Fsp3) is 0. The molecule has 2 radical (unpaired) electrons. The van der Waals surface area contributed by atoms with Crippen molar-refractivity contribution in [1.82, 2.24) is 0 Å². The van der Waals surface area contributed by atoms with E-state index >= 15 is 0 Å². The third-order valence-electron chi connectivity index (χ3n) is 3.10. The molecule has 0 bridgehead atoms. The molecule has 78 valence electrons. The van der Waals surface area contributed by atoms with Crippen LogP contribution in [-0.4, -0.2) is 13.6 Å². The molecule has 0 saturated carbocycles. The molecule has 2 heteroatoms. The number of hydrogen-bond acceptors (Lipinski definition) is 1. The van der Waals surface area contributed by atoms with Crippen molar-refractivity contribution < 1.29 is 4.79 Å². The van der Waals surface area contributed by atoms with Crippen molar-refractivity contribution in [3.05, 3.63) is 59.7 Å². The normalized spacial score (nSPS) is 12.1. The van der Waals surface area contributed by atoms with Crippen LogP contribution >= 0.6 is 0 Å². The van der Waals surface area contributed by atoms with Gasteiger partial charge in [0.2, 0.25) is 0 Å². The molecular weight excluding hydrogens is 207 g/mol. The first-order chi connectivity index (χ1) is 8.20. The number of hydrogen-bond donors (Lipinski definition) is 0. The zero-order valence-electron chi connectivity index (χ0n) is 9.23. The van der Waals surface area contributed by atoms with Crippen LogP contribution in [0, 0.1) is 0 Å². The van der Waals surface area contributed by atoms with Crippen LogP contribution in [0.4, 0.5) is 0 Å². The average Bonchev–Trinajstić information content (AvgIpc) is 2.62. The van der Waals surface area contributed by atoms with Gasteiger partial charge in [-0.05, 0) is 22.8 Å².